The van der Waals surface area contributed by atoms with E-state index in [1.165, 1.54) is 6.07 Å². The van der Waals surface area contributed by atoms with Crippen molar-refractivity contribution >= 4 is 46.7 Å². The minimum atomic E-state index is -5.08. The van der Waals surface area contributed by atoms with Gasteiger partial charge >= 0.3 is 12.1 Å². The lowest BCUT2D eigenvalue weighted by Crippen LogP contribution is -2.49. The van der Waals surface area contributed by atoms with E-state index < -0.39 is 41.4 Å². The number of hydrogen-bond donors (Lipinski definition) is 4. The second-order valence-corrected chi connectivity index (χ2v) is 13.5. The Bertz CT molecular complexity index is 1470. The predicted molar refractivity (Wildman–Crippen MR) is 165 cm³/mol. The summed E-state index contributed by atoms with van der Waals surface area (Å²) in [5.41, 5.74) is 0.0582. The van der Waals surface area contributed by atoms with Crippen molar-refractivity contribution in [2.24, 2.45) is 5.41 Å². The number of carbonyl (C=O) groups is 3. The van der Waals surface area contributed by atoms with E-state index in [4.69, 9.17) is 37.8 Å². The SMILES string of the molecule is CC(C)(C)C[C@H]1N[C@@H](C(=O)NCCN2CCOCC2)[C@H](c2cccc(Cl)c2F)[C@@]12C(=O)Nc1cc(Cl)ccc12.O=C(O)C(F)(F)F. The number of alkyl halides is 3. The van der Waals surface area contributed by atoms with Gasteiger partial charge in [-0.2, -0.15) is 13.2 Å². The van der Waals surface area contributed by atoms with Gasteiger partial charge < -0.3 is 25.8 Å². The third kappa shape index (κ3) is 7.60. The van der Waals surface area contributed by atoms with Gasteiger partial charge in [-0.3, -0.25) is 14.5 Å². The average Bonchev–Trinajstić information content (AvgIpc) is 3.43. The van der Waals surface area contributed by atoms with Gasteiger partial charge in [0.05, 0.1) is 24.3 Å². The molecule has 3 aliphatic heterocycles. The molecular weight excluding hydrogens is 655 g/mol. The molecular formula is C31H36Cl2F4N4O5. The Hall–Kier alpha value is -2.97. The minimum absolute atomic E-state index is 0.0527. The lowest BCUT2D eigenvalue weighted by Gasteiger charge is -2.37. The first kappa shape index (κ1) is 35.9. The quantitative estimate of drug-likeness (QED) is 0.316. The molecule has 0 aromatic heterocycles. The van der Waals surface area contributed by atoms with Crippen molar-refractivity contribution in [3.8, 4) is 0 Å². The molecule has 3 heterocycles. The van der Waals surface area contributed by atoms with Crippen molar-refractivity contribution in [2.45, 2.75) is 56.8 Å². The predicted octanol–water partition coefficient (Wildman–Crippen LogP) is 4.96. The number of hydrogen-bond acceptors (Lipinski definition) is 6. The molecule has 2 aromatic carbocycles. The molecule has 2 saturated heterocycles. The molecule has 2 fully saturated rings. The first-order valence-electron chi connectivity index (χ1n) is 14.7. The number of carbonyl (C=O) groups excluding carboxylic acids is 2. The summed E-state index contributed by atoms with van der Waals surface area (Å²) in [5, 5.41) is 17.1. The normalized spacial score (nSPS) is 24.6. The van der Waals surface area contributed by atoms with Crippen LogP contribution in [0.1, 0.15) is 44.2 Å². The zero-order valence-corrected chi connectivity index (χ0v) is 27.0. The maximum absolute atomic E-state index is 15.8. The van der Waals surface area contributed by atoms with E-state index in [-0.39, 0.29) is 27.8 Å². The maximum atomic E-state index is 15.8. The van der Waals surface area contributed by atoms with Gasteiger partial charge in [0.2, 0.25) is 11.8 Å². The molecule has 0 bridgehead atoms. The molecule has 0 unspecified atom stereocenters. The summed E-state index contributed by atoms with van der Waals surface area (Å²) in [4.78, 5) is 39.1. The van der Waals surface area contributed by atoms with E-state index in [0.717, 1.165) is 13.1 Å². The molecule has 5 rings (SSSR count). The van der Waals surface area contributed by atoms with Crippen LogP contribution in [-0.4, -0.2) is 85.4 Å². The zero-order valence-electron chi connectivity index (χ0n) is 25.4. The van der Waals surface area contributed by atoms with Crippen molar-refractivity contribution in [3.05, 3.63) is 63.4 Å². The number of rotatable bonds is 6. The van der Waals surface area contributed by atoms with Crippen molar-refractivity contribution in [2.75, 3.05) is 44.7 Å². The number of anilines is 1. The molecule has 252 valence electrons. The number of aliphatic carboxylic acids is 1. The van der Waals surface area contributed by atoms with E-state index >= 15 is 4.39 Å². The molecule has 4 atom stereocenters. The number of nitrogens with one attached hydrogen (secondary N) is 3. The Morgan fingerprint density at radius 3 is 2.39 bits per heavy atom. The molecule has 0 radical (unpaired) electrons. The second-order valence-electron chi connectivity index (χ2n) is 12.6. The van der Waals surface area contributed by atoms with E-state index in [9.17, 15) is 22.8 Å². The fourth-order valence-electron chi connectivity index (χ4n) is 6.42. The molecule has 9 nitrogen and oxygen atoms in total. The maximum Gasteiger partial charge on any atom is 0.490 e. The summed E-state index contributed by atoms with van der Waals surface area (Å²) in [6.45, 7) is 10.3. The smallest absolute Gasteiger partial charge is 0.475 e. The van der Waals surface area contributed by atoms with Crippen LogP contribution >= 0.6 is 23.2 Å². The molecule has 2 amide bonds. The average molecular weight is 692 g/mol. The number of fused-ring (bicyclic) bond motifs is 2. The van der Waals surface area contributed by atoms with Crippen molar-refractivity contribution in [3.63, 3.8) is 0 Å². The van der Waals surface area contributed by atoms with E-state index in [2.05, 4.69) is 41.6 Å². The van der Waals surface area contributed by atoms with Gasteiger partial charge in [-0.15, -0.1) is 0 Å². The van der Waals surface area contributed by atoms with Gasteiger partial charge in [-0.25, -0.2) is 9.18 Å². The van der Waals surface area contributed by atoms with Gasteiger partial charge in [0.1, 0.15) is 11.2 Å². The van der Waals surface area contributed by atoms with Crippen LogP contribution in [-0.2, 0) is 24.5 Å². The summed E-state index contributed by atoms with van der Waals surface area (Å²) < 4.78 is 52.9. The van der Waals surface area contributed by atoms with Gasteiger partial charge in [0.25, 0.3) is 0 Å². The fraction of sp³-hybridized carbons (Fsp3) is 0.516. The summed E-state index contributed by atoms with van der Waals surface area (Å²) >= 11 is 12.5. The largest absolute Gasteiger partial charge is 0.490 e. The standard InChI is InChI=1S/C29H35Cl2FN4O3.C2HF3O2/c1-28(2,3)16-22-29(19-8-7-17(30)15-21(19)34-27(29)38)23(18-5-4-6-20(31)24(18)32)25(35-22)26(37)33-9-10-36-11-13-39-14-12-36;3-2(4,5)1(6)7/h4-8,15,22-23,25,35H,9-14,16H2,1-3H3,(H,33,37)(H,34,38);(H,6,7)/t22-,23+,25-,29+;/m1./s1. The first-order valence-corrected chi connectivity index (χ1v) is 15.4. The fourth-order valence-corrected chi connectivity index (χ4v) is 6.78. The van der Waals surface area contributed by atoms with Gasteiger partial charge in [0, 0.05) is 48.8 Å². The van der Waals surface area contributed by atoms with Gasteiger partial charge in [-0.1, -0.05) is 62.2 Å². The summed E-state index contributed by atoms with van der Waals surface area (Å²) in [5.74, 6) is -4.79. The van der Waals surface area contributed by atoms with Crippen LogP contribution in [0, 0.1) is 11.2 Å². The lowest BCUT2D eigenvalue weighted by atomic mass is 9.62. The highest BCUT2D eigenvalue weighted by Gasteiger charge is 2.66. The van der Waals surface area contributed by atoms with Crippen LogP contribution in [0.3, 0.4) is 0 Å². The molecule has 4 N–H and O–H groups in total. The van der Waals surface area contributed by atoms with E-state index in [1.807, 2.05) is 6.07 Å². The van der Waals surface area contributed by atoms with Crippen LogP contribution in [0.15, 0.2) is 36.4 Å². The van der Waals surface area contributed by atoms with Crippen LogP contribution in [0.2, 0.25) is 10.0 Å². The van der Waals surface area contributed by atoms with Gasteiger partial charge in [-0.05, 0) is 41.2 Å². The van der Waals surface area contributed by atoms with Crippen LogP contribution in [0.25, 0.3) is 0 Å². The second kappa shape index (κ2) is 14.0. The number of amides is 2. The van der Waals surface area contributed by atoms with E-state index in [0.29, 0.717) is 49.0 Å². The third-order valence-corrected chi connectivity index (χ3v) is 8.82. The zero-order chi connectivity index (χ0) is 34.0. The van der Waals surface area contributed by atoms with E-state index in [1.54, 1.807) is 24.3 Å². The molecule has 2 aromatic rings. The van der Waals surface area contributed by atoms with Crippen molar-refractivity contribution in [1.82, 2.24) is 15.5 Å². The van der Waals surface area contributed by atoms with Crippen LogP contribution in [0.5, 0.6) is 0 Å². The first-order chi connectivity index (χ1) is 21.5. The number of halogens is 6. The Balaban J connectivity index is 0.000000617. The number of nitrogens with zero attached hydrogens (tertiary/aromatic N) is 1. The Kier molecular flexibility index (Phi) is 10.9. The third-order valence-electron chi connectivity index (χ3n) is 8.29. The van der Waals surface area contributed by atoms with Crippen LogP contribution in [0.4, 0.5) is 23.2 Å². The Morgan fingerprint density at radius 2 is 1.78 bits per heavy atom. The van der Waals surface area contributed by atoms with Crippen LogP contribution < -0.4 is 16.0 Å². The highest BCUT2D eigenvalue weighted by atomic mass is 35.5. The number of carboxylic acid groups (broad SMARTS) is 1. The highest BCUT2D eigenvalue weighted by Crippen LogP contribution is 2.57. The van der Waals surface area contributed by atoms with Gasteiger partial charge in [0.15, 0.2) is 0 Å². The van der Waals surface area contributed by atoms with Crippen molar-refractivity contribution in [1.29, 1.82) is 0 Å². The Morgan fingerprint density at radius 1 is 1.13 bits per heavy atom. The highest BCUT2D eigenvalue weighted by molar-refractivity contribution is 6.31. The Labute approximate surface area is 273 Å². The number of morpholine rings is 1. The number of carboxylic acids is 1. The number of benzene rings is 2. The monoisotopic (exact) mass is 690 g/mol. The summed E-state index contributed by atoms with van der Waals surface area (Å²) in [7, 11) is 0. The topological polar surface area (TPSA) is 120 Å². The molecule has 0 aliphatic carbocycles. The molecule has 0 saturated carbocycles. The molecule has 1 spiro atoms. The molecule has 15 heteroatoms. The summed E-state index contributed by atoms with van der Waals surface area (Å²) in [6.07, 6.45) is -4.52. The summed E-state index contributed by atoms with van der Waals surface area (Å²) in [6, 6.07) is 8.69. The van der Waals surface area contributed by atoms with Crippen molar-refractivity contribution < 1.29 is 41.8 Å². The number of ether oxygens (including phenoxy) is 1. The minimum Gasteiger partial charge on any atom is -0.475 e. The molecule has 3 aliphatic rings. The molecule has 46 heavy (non-hydrogen) atoms. The lowest BCUT2D eigenvalue weighted by molar-refractivity contribution is -0.192.